The number of benzene rings is 1. The molecule has 0 aliphatic heterocycles. The van der Waals surface area contributed by atoms with E-state index in [1.54, 1.807) is 39.0 Å². The molecule has 1 rings (SSSR count). The minimum absolute atomic E-state index is 0.139. The van der Waals surface area contributed by atoms with Crippen molar-refractivity contribution in [3.63, 3.8) is 0 Å². The summed E-state index contributed by atoms with van der Waals surface area (Å²) in [4.78, 5) is 22.9. The summed E-state index contributed by atoms with van der Waals surface area (Å²) in [7, 11) is 5.84. The third-order valence-electron chi connectivity index (χ3n) is 3.23. The summed E-state index contributed by atoms with van der Waals surface area (Å²) in [5.41, 5.74) is 6.03. The number of nitrogens with two attached hydrogens (primary N) is 1. The normalized spacial score (nSPS) is 12.3. The summed E-state index contributed by atoms with van der Waals surface area (Å²) in [5, 5.41) is 2.71. The first-order valence-corrected chi connectivity index (χ1v) is 7.84. The van der Waals surface area contributed by atoms with Crippen LogP contribution >= 0.6 is 0 Å². The van der Waals surface area contributed by atoms with Gasteiger partial charge in [-0.2, -0.15) is 0 Å². The van der Waals surface area contributed by atoms with E-state index in [1.807, 2.05) is 6.92 Å². The van der Waals surface area contributed by atoms with E-state index in [4.69, 9.17) is 23.1 Å². The SMILES string of the molecule is [B]c1cccc(OC[C@H](CCC(N)=O)NC(=O)OC(C)(C)C)c1C. The number of carbonyl (C=O) groups is 2. The van der Waals surface area contributed by atoms with Gasteiger partial charge in [0.1, 0.15) is 25.8 Å². The molecule has 0 bridgehead atoms. The molecule has 2 radical (unpaired) electrons. The molecule has 3 N–H and O–H groups in total. The highest BCUT2D eigenvalue weighted by Crippen LogP contribution is 2.15. The maximum Gasteiger partial charge on any atom is 0.407 e. The number of carbonyl (C=O) groups excluding carboxylic acids is 2. The molecule has 1 aromatic carbocycles. The minimum atomic E-state index is -0.607. The number of hydrogen-bond acceptors (Lipinski definition) is 4. The fraction of sp³-hybridized carbons (Fsp3) is 0.529. The lowest BCUT2D eigenvalue weighted by Gasteiger charge is -2.24. The van der Waals surface area contributed by atoms with Crippen LogP contribution in [0.5, 0.6) is 5.75 Å². The van der Waals surface area contributed by atoms with Crippen LogP contribution in [0.2, 0.25) is 0 Å². The Morgan fingerprint density at radius 3 is 2.58 bits per heavy atom. The Morgan fingerprint density at radius 1 is 1.33 bits per heavy atom. The molecule has 130 valence electrons. The van der Waals surface area contributed by atoms with Crippen molar-refractivity contribution < 1.29 is 19.1 Å². The van der Waals surface area contributed by atoms with E-state index in [-0.39, 0.29) is 13.0 Å². The molecule has 0 saturated heterocycles. The number of primary amides is 1. The molecule has 0 saturated carbocycles. The highest BCUT2D eigenvalue weighted by Gasteiger charge is 2.20. The Bertz CT molecular complexity index is 584. The number of rotatable bonds is 7. The summed E-state index contributed by atoms with van der Waals surface area (Å²) in [6.45, 7) is 7.36. The molecular weight excluding hydrogens is 307 g/mol. The lowest BCUT2D eigenvalue weighted by Crippen LogP contribution is -2.42. The molecule has 1 aromatic rings. The van der Waals surface area contributed by atoms with Crippen molar-refractivity contribution in [2.75, 3.05) is 6.61 Å². The van der Waals surface area contributed by atoms with Gasteiger partial charge >= 0.3 is 6.09 Å². The predicted octanol–water partition coefficient (Wildman–Crippen LogP) is 1.33. The maximum atomic E-state index is 11.9. The quantitative estimate of drug-likeness (QED) is 0.737. The van der Waals surface area contributed by atoms with Gasteiger partial charge in [0.15, 0.2) is 0 Å². The number of ether oxygens (including phenoxy) is 2. The zero-order valence-corrected chi connectivity index (χ0v) is 14.7. The van der Waals surface area contributed by atoms with Gasteiger partial charge in [-0.3, -0.25) is 4.79 Å². The first-order valence-electron chi connectivity index (χ1n) is 7.84. The van der Waals surface area contributed by atoms with Gasteiger partial charge in [-0.25, -0.2) is 4.79 Å². The summed E-state index contributed by atoms with van der Waals surface area (Å²) >= 11 is 0. The molecular formula is C17H25BN2O4. The van der Waals surface area contributed by atoms with Gasteiger partial charge in [0.25, 0.3) is 0 Å². The second-order valence-electron chi connectivity index (χ2n) is 6.63. The van der Waals surface area contributed by atoms with Crippen molar-refractivity contribution in [1.82, 2.24) is 5.32 Å². The van der Waals surface area contributed by atoms with Crippen molar-refractivity contribution >= 4 is 25.3 Å². The molecule has 1 atom stereocenters. The summed E-state index contributed by atoms with van der Waals surface area (Å²) in [5.74, 6) is 0.191. The van der Waals surface area contributed by atoms with Gasteiger partial charge in [0.05, 0.1) is 6.04 Å². The van der Waals surface area contributed by atoms with E-state index in [9.17, 15) is 9.59 Å². The van der Waals surface area contributed by atoms with E-state index in [0.717, 1.165) is 5.56 Å². The first kappa shape index (κ1) is 19.9. The standard InChI is InChI=1S/C17H25BN2O4/c1-11-13(18)6-5-7-14(11)23-10-12(8-9-15(19)21)20-16(22)24-17(2,3)4/h5-7,12H,8-10H2,1-4H3,(H2,19,21)(H,20,22)/t12-/m0/s1. The third kappa shape index (κ3) is 7.39. The largest absolute Gasteiger partial charge is 0.491 e. The van der Waals surface area contributed by atoms with Gasteiger partial charge in [-0.1, -0.05) is 17.6 Å². The van der Waals surface area contributed by atoms with E-state index in [2.05, 4.69) is 5.32 Å². The molecule has 0 aliphatic carbocycles. The summed E-state index contributed by atoms with van der Waals surface area (Å²) < 4.78 is 11.0. The lowest BCUT2D eigenvalue weighted by atomic mass is 9.91. The summed E-state index contributed by atoms with van der Waals surface area (Å²) in [6.07, 6.45) is -0.0692. The number of amides is 2. The molecule has 0 spiro atoms. The lowest BCUT2D eigenvalue weighted by molar-refractivity contribution is -0.118. The third-order valence-corrected chi connectivity index (χ3v) is 3.23. The first-order chi connectivity index (χ1) is 11.1. The molecule has 24 heavy (non-hydrogen) atoms. The van der Waals surface area contributed by atoms with Gasteiger partial charge in [-0.15, -0.1) is 0 Å². The van der Waals surface area contributed by atoms with Crippen molar-refractivity contribution in [2.45, 2.75) is 52.2 Å². The van der Waals surface area contributed by atoms with Crippen LogP contribution in [-0.2, 0) is 9.53 Å². The highest BCUT2D eigenvalue weighted by molar-refractivity contribution is 6.33. The Hall–Kier alpha value is -2.18. The maximum absolute atomic E-state index is 11.9. The fourth-order valence-electron chi connectivity index (χ4n) is 1.97. The van der Waals surface area contributed by atoms with Gasteiger partial charge < -0.3 is 20.5 Å². The summed E-state index contributed by atoms with van der Waals surface area (Å²) in [6, 6.07) is 4.96. The smallest absolute Gasteiger partial charge is 0.407 e. The number of alkyl carbamates (subject to hydrolysis) is 1. The predicted molar refractivity (Wildman–Crippen MR) is 93.6 cm³/mol. The van der Waals surface area contributed by atoms with Crippen molar-refractivity contribution in [1.29, 1.82) is 0 Å². The molecule has 0 unspecified atom stereocenters. The zero-order valence-electron chi connectivity index (χ0n) is 14.7. The van der Waals surface area contributed by atoms with Crippen molar-refractivity contribution in [3.05, 3.63) is 23.8 Å². The number of nitrogens with one attached hydrogen (secondary N) is 1. The minimum Gasteiger partial charge on any atom is -0.491 e. The van der Waals surface area contributed by atoms with Crippen molar-refractivity contribution in [3.8, 4) is 5.75 Å². The molecule has 7 heteroatoms. The van der Waals surface area contributed by atoms with Crippen LogP contribution in [0, 0.1) is 6.92 Å². The Kier molecular flexibility index (Phi) is 7.13. The Labute approximate surface area is 144 Å². The van der Waals surface area contributed by atoms with Gasteiger partial charge in [0, 0.05) is 6.42 Å². The average Bonchev–Trinajstić information content (AvgIpc) is 2.43. The Morgan fingerprint density at radius 2 is 2.00 bits per heavy atom. The second-order valence-corrected chi connectivity index (χ2v) is 6.63. The molecule has 0 aromatic heterocycles. The molecule has 0 aliphatic rings. The molecule has 0 fully saturated rings. The van der Waals surface area contributed by atoms with Crippen LogP contribution in [0.25, 0.3) is 0 Å². The average molecular weight is 332 g/mol. The Balaban J connectivity index is 2.69. The van der Waals surface area contributed by atoms with Crippen LogP contribution in [0.4, 0.5) is 4.79 Å². The topological polar surface area (TPSA) is 90.6 Å². The van der Waals surface area contributed by atoms with Crippen LogP contribution in [0.3, 0.4) is 0 Å². The molecule has 0 heterocycles. The zero-order chi connectivity index (χ0) is 18.3. The van der Waals surface area contributed by atoms with Crippen LogP contribution in [0.1, 0.15) is 39.2 Å². The van der Waals surface area contributed by atoms with Crippen molar-refractivity contribution in [2.24, 2.45) is 5.73 Å². The van der Waals surface area contributed by atoms with E-state index >= 15 is 0 Å². The van der Waals surface area contributed by atoms with E-state index in [0.29, 0.717) is 17.6 Å². The van der Waals surface area contributed by atoms with E-state index < -0.39 is 23.6 Å². The van der Waals surface area contributed by atoms with Crippen LogP contribution < -0.4 is 21.3 Å². The fourth-order valence-corrected chi connectivity index (χ4v) is 1.97. The van der Waals surface area contributed by atoms with Crippen LogP contribution in [-0.4, -0.2) is 38.1 Å². The van der Waals surface area contributed by atoms with Gasteiger partial charge in [-0.05, 0) is 45.7 Å². The highest BCUT2D eigenvalue weighted by atomic mass is 16.6. The van der Waals surface area contributed by atoms with Crippen LogP contribution in [0.15, 0.2) is 18.2 Å². The number of hydrogen-bond donors (Lipinski definition) is 2. The molecule has 6 nitrogen and oxygen atoms in total. The second kappa shape index (κ2) is 8.61. The molecule has 2 amide bonds. The van der Waals surface area contributed by atoms with Gasteiger partial charge in [0.2, 0.25) is 5.91 Å². The van der Waals surface area contributed by atoms with E-state index in [1.165, 1.54) is 0 Å². The monoisotopic (exact) mass is 332 g/mol.